The summed E-state index contributed by atoms with van der Waals surface area (Å²) >= 11 is 0. The summed E-state index contributed by atoms with van der Waals surface area (Å²) in [5, 5.41) is 0. The van der Waals surface area contributed by atoms with E-state index in [1.54, 1.807) is 0 Å². The van der Waals surface area contributed by atoms with Crippen molar-refractivity contribution in [1.29, 1.82) is 0 Å². The molecule has 84 valence electrons. The molecule has 14 heavy (non-hydrogen) atoms. The van der Waals surface area contributed by atoms with Crippen molar-refractivity contribution < 1.29 is 0 Å². The number of rotatable bonds is 3. The van der Waals surface area contributed by atoms with Gasteiger partial charge in [0.25, 0.3) is 0 Å². The van der Waals surface area contributed by atoms with E-state index in [0.717, 1.165) is 12.3 Å². The van der Waals surface area contributed by atoms with E-state index in [0.29, 0.717) is 10.8 Å². The summed E-state index contributed by atoms with van der Waals surface area (Å²) in [6.45, 7) is 13.8. The van der Waals surface area contributed by atoms with Gasteiger partial charge in [-0.3, -0.25) is 0 Å². The first-order valence-electron chi connectivity index (χ1n) is 5.90. The van der Waals surface area contributed by atoms with Crippen LogP contribution in [-0.2, 0) is 0 Å². The fourth-order valence-electron chi connectivity index (χ4n) is 3.22. The highest BCUT2D eigenvalue weighted by Gasteiger charge is 2.57. The molecular weight excluding hydrogens is 170 g/mol. The Bertz CT molecular complexity index is 204. The number of hydrogen-bond donors (Lipinski definition) is 1. The maximum absolute atomic E-state index is 6.54. The first-order valence-corrected chi connectivity index (χ1v) is 5.90. The number of nitrogens with two attached hydrogens (primary N) is 1. The maximum atomic E-state index is 6.54. The molecule has 2 N–H and O–H groups in total. The zero-order valence-corrected chi connectivity index (χ0v) is 10.8. The largest absolute Gasteiger partial charge is 0.325 e. The van der Waals surface area contributed by atoms with Gasteiger partial charge in [-0.25, -0.2) is 0 Å². The summed E-state index contributed by atoms with van der Waals surface area (Å²) in [6, 6.07) is 0. The van der Waals surface area contributed by atoms with Gasteiger partial charge in [0, 0.05) is 5.54 Å². The van der Waals surface area contributed by atoms with Crippen LogP contribution in [0.1, 0.15) is 60.8 Å². The molecule has 1 heteroatoms. The smallest absolute Gasteiger partial charge is 0.0190 e. The molecule has 1 atom stereocenters. The van der Waals surface area contributed by atoms with Gasteiger partial charge in [0.15, 0.2) is 0 Å². The Hall–Kier alpha value is -0.0400. The van der Waals surface area contributed by atoms with Gasteiger partial charge < -0.3 is 5.73 Å². The third-order valence-electron chi connectivity index (χ3n) is 3.93. The molecule has 0 amide bonds. The quantitative estimate of drug-likeness (QED) is 0.735. The fraction of sp³-hybridized carbons (Fsp3) is 1.00. The van der Waals surface area contributed by atoms with Crippen LogP contribution in [0.5, 0.6) is 0 Å². The second-order valence-corrected chi connectivity index (χ2v) is 6.97. The van der Waals surface area contributed by atoms with Crippen molar-refractivity contribution >= 4 is 0 Å². The second kappa shape index (κ2) is 3.23. The summed E-state index contributed by atoms with van der Waals surface area (Å²) in [4.78, 5) is 0. The lowest BCUT2D eigenvalue weighted by Gasteiger charge is -2.42. The Morgan fingerprint density at radius 1 is 1.14 bits per heavy atom. The van der Waals surface area contributed by atoms with Crippen molar-refractivity contribution in [1.82, 2.24) is 0 Å². The second-order valence-electron chi connectivity index (χ2n) is 6.97. The molecule has 0 heterocycles. The van der Waals surface area contributed by atoms with E-state index in [1.165, 1.54) is 12.8 Å². The molecular formula is C13H27N. The molecule has 0 aromatic carbocycles. The van der Waals surface area contributed by atoms with Crippen LogP contribution in [-0.4, -0.2) is 5.54 Å². The molecule has 0 aliphatic heterocycles. The van der Waals surface area contributed by atoms with Crippen LogP contribution < -0.4 is 5.73 Å². The Balaban J connectivity index is 2.75. The highest BCUT2D eigenvalue weighted by Crippen LogP contribution is 2.60. The summed E-state index contributed by atoms with van der Waals surface area (Å²) in [5.74, 6) is 0.722. The standard InChI is InChI=1S/C13H27N/c1-10(2)13(7-8-13)12(6,14)9-11(3,4)5/h10H,7-9,14H2,1-6H3. The van der Waals surface area contributed by atoms with E-state index < -0.39 is 0 Å². The molecule has 1 fully saturated rings. The van der Waals surface area contributed by atoms with Crippen LogP contribution in [0.4, 0.5) is 0 Å². The van der Waals surface area contributed by atoms with Crippen molar-refractivity contribution in [2.24, 2.45) is 22.5 Å². The minimum absolute atomic E-state index is 0.0133. The van der Waals surface area contributed by atoms with Crippen LogP contribution in [0.3, 0.4) is 0 Å². The van der Waals surface area contributed by atoms with E-state index in [1.807, 2.05) is 0 Å². The lowest BCUT2D eigenvalue weighted by molar-refractivity contribution is 0.138. The van der Waals surface area contributed by atoms with Crippen LogP contribution >= 0.6 is 0 Å². The van der Waals surface area contributed by atoms with Gasteiger partial charge in [-0.05, 0) is 42.9 Å². The molecule has 1 unspecified atom stereocenters. The normalized spacial score (nSPS) is 24.9. The van der Waals surface area contributed by atoms with Gasteiger partial charge in [0.1, 0.15) is 0 Å². The lowest BCUT2D eigenvalue weighted by atomic mass is 9.68. The maximum Gasteiger partial charge on any atom is 0.0190 e. The Kier molecular flexibility index (Phi) is 2.78. The van der Waals surface area contributed by atoms with Crippen molar-refractivity contribution in [2.45, 2.75) is 66.3 Å². The van der Waals surface area contributed by atoms with E-state index >= 15 is 0 Å². The molecule has 0 aromatic heterocycles. The van der Waals surface area contributed by atoms with Gasteiger partial charge in [0.05, 0.1) is 0 Å². The summed E-state index contributed by atoms with van der Waals surface area (Å²) in [7, 11) is 0. The molecule has 1 nitrogen and oxygen atoms in total. The van der Waals surface area contributed by atoms with Gasteiger partial charge in [-0.1, -0.05) is 34.6 Å². The van der Waals surface area contributed by atoms with E-state index in [-0.39, 0.29) is 5.54 Å². The van der Waals surface area contributed by atoms with Crippen molar-refractivity contribution in [2.75, 3.05) is 0 Å². The third-order valence-corrected chi connectivity index (χ3v) is 3.93. The Morgan fingerprint density at radius 2 is 1.57 bits per heavy atom. The van der Waals surface area contributed by atoms with E-state index in [4.69, 9.17) is 5.73 Å². The summed E-state index contributed by atoms with van der Waals surface area (Å²) in [5.41, 5.74) is 7.33. The highest BCUT2D eigenvalue weighted by atomic mass is 14.8. The highest BCUT2D eigenvalue weighted by molar-refractivity contribution is 5.11. The monoisotopic (exact) mass is 197 g/mol. The zero-order valence-electron chi connectivity index (χ0n) is 10.8. The summed E-state index contributed by atoms with van der Waals surface area (Å²) < 4.78 is 0. The lowest BCUT2D eigenvalue weighted by Crippen LogP contribution is -2.50. The Labute approximate surface area is 89.5 Å². The van der Waals surface area contributed by atoms with Gasteiger partial charge in [-0.15, -0.1) is 0 Å². The minimum atomic E-state index is 0.0133. The molecule has 0 spiro atoms. The van der Waals surface area contributed by atoms with Crippen LogP contribution in [0.2, 0.25) is 0 Å². The van der Waals surface area contributed by atoms with Crippen LogP contribution in [0.25, 0.3) is 0 Å². The average molecular weight is 197 g/mol. The first kappa shape index (κ1) is 12.0. The SMILES string of the molecule is CC(C)C1(C(C)(N)CC(C)(C)C)CC1. The topological polar surface area (TPSA) is 26.0 Å². The average Bonchev–Trinajstić information content (AvgIpc) is 2.56. The minimum Gasteiger partial charge on any atom is -0.325 e. The number of hydrogen-bond acceptors (Lipinski definition) is 1. The zero-order chi connectivity index (χ0) is 11.2. The molecule has 0 aromatic rings. The van der Waals surface area contributed by atoms with Gasteiger partial charge >= 0.3 is 0 Å². The molecule has 0 saturated heterocycles. The fourth-order valence-corrected chi connectivity index (χ4v) is 3.22. The van der Waals surface area contributed by atoms with Crippen molar-refractivity contribution in [3.63, 3.8) is 0 Å². The predicted octanol–water partition coefficient (Wildman–Crippen LogP) is 3.58. The summed E-state index contributed by atoms with van der Waals surface area (Å²) in [6.07, 6.45) is 3.78. The van der Waals surface area contributed by atoms with Crippen molar-refractivity contribution in [3.05, 3.63) is 0 Å². The molecule has 0 bridgehead atoms. The first-order chi connectivity index (χ1) is 6.11. The van der Waals surface area contributed by atoms with Gasteiger partial charge in [-0.2, -0.15) is 0 Å². The van der Waals surface area contributed by atoms with Crippen molar-refractivity contribution in [3.8, 4) is 0 Å². The molecule has 1 aliphatic carbocycles. The van der Waals surface area contributed by atoms with Crippen LogP contribution in [0, 0.1) is 16.7 Å². The Morgan fingerprint density at radius 3 is 1.79 bits per heavy atom. The third kappa shape index (κ3) is 2.13. The molecule has 0 radical (unpaired) electrons. The van der Waals surface area contributed by atoms with E-state index in [9.17, 15) is 0 Å². The molecule has 1 rings (SSSR count). The molecule has 1 aliphatic rings. The van der Waals surface area contributed by atoms with Crippen LogP contribution in [0.15, 0.2) is 0 Å². The van der Waals surface area contributed by atoms with Gasteiger partial charge in [0.2, 0.25) is 0 Å². The predicted molar refractivity (Wildman–Crippen MR) is 63.2 cm³/mol. The molecule has 1 saturated carbocycles. The van der Waals surface area contributed by atoms with E-state index in [2.05, 4.69) is 41.5 Å².